The molecule has 1 aliphatic heterocycles. The minimum atomic E-state index is 0.192. The minimum Gasteiger partial charge on any atom is -0.343 e. The first-order valence-corrected chi connectivity index (χ1v) is 8.56. The van der Waals surface area contributed by atoms with Crippen molar-refractivity contribution in [3.8, 4) is 10.7 Å². The van der Waals surface area contributed by atoms with Gasteiger partial charge in [0.1, 0.15) is 5.01 Å². The van der Waals surface area contributed by atoms with E-state index in [2.05, 4.69) is 29.0 Å². The van der Waals surface area contributed by atoms with Gasteiger partial charge < -0.3 is 4.90 Å². The van der Waals surface area contributed by atoms with Crippen molar-refractivity contribution in [1.82, 2.24) is 14.9 Å². The third-order valence-electron chi connectivity index (χ3n) is 4.15. The number of thiazole rings is 1. The molecular formula is C17H21N3OS. The van der Waals surface area contributed by atoms with Crippen LogP contribution in [0.4, 0.5) is 0 Å². The summed E-state index contributed by atoms with van der Waals surface area (Å²) < 4.78 is 0. The van der Waals surface area contributed by atoms with Crippen LogP contribution in [0.15, 0.2) is 24.5 Å². The third-order valence-corrected chi connectivity index (χ3v) is 5.09. The van der Waals surface area contributed by atoms with Crippen LogP contribution in [-0.2, 0) is 11.2 Å². The zero-order chi connectivity index (χ0) is 15.5. The SMILES string of the molecule is CC(=O)N1CCC[C@@H](Cc2ccc(-c3ncc(C)s3)nc2)C1. The van der Waals surface area contributed by atoms with Gasteiger partial charge in [0.15, 0.2) is 0 Å². The summed E-state index contributed by atoms with van der Waals surface area (Å²) in [5, 5.41) is 0.976. The topological polar surface area (TPSA) is 46.1 Å². The van der Waals surface area contributed by atoms with Gasteiger partial charge in [-0.05, 0) is 43.7 Å². The van der Waals surface area contributed by atoms with Gasteiger partial charge in [0.25, 0.3) is 0 Å². The molecular weight excluding hydrogens is 294 g/mol. The monoisotopic (exact) mass is 315 g/mol. The molecule has 5 heteroatoms. The highest BCUT2D eigenvalue weighted by atomic mass is 32.1. The van der Waals surface area contributed by atoms with Crippen molar-refractivity contribution in [2.45, 2.75) is 33.1 Å². The molecule has 0 aliphatic carbocycles. The third kappa shape index (κ3) is 3.53. The van der Waals surface area contributed by atoms with Crippen LogP contribution in [0.2, 0.25) is 0 Å². The second-order valence-corrected chi connectivity index (χ2v) is 7.24. The van der Waals surface area contributed by atoms with E-state index in [1.807, 2.05) is 17.3 Å². The second-order valence-electron chi connectivity index (χ2n) is 6.01. The second kappa shape index (κ2) is 6.57. The van der Waals surface area contributed by atoms with E-state index in [0.717, 1.165) is 36.6 Å². The number of likely N-dealkylation sites (tertiary alicyclic amines) is 1. The molecule has 0 spiro atoms. The number of aromatic nitrogens is 2. The maximum atomic E-state index is 11.5. The molecule has 0 radical (unpaired) electrons. The Morgan fingerprint density at radius 3 is 2.86 bits per heavy atom. The fraction of sp³-hybridized carbons (Fsp3) is 0.471. The zero-order valence-corrected chi connectivity index (χ0v) is 13.9. The van der Waals surface area contributed by atoms with E-state index in [9.17, 15) is 4.79 Å². The van der Waals surface area contributed by atoms with Crippen LogP contribution in [0.1, 0.15) is 30.2 Å². The fourth-order valence-electron chi connectivity index (χ4n) is 3.00. The van der Waals surface area contributed by atoms with Gasteiger partial charge in [-0.2, -0.15) is 0 Å². The van der Waals surface area contributed by atoms with Crippen LogP contribution >= 0.6 is 11.3 Å². The number of hydrogen-bond acceptors (Lipinski definition) is 4. The van der Waals surface area contributed by atoms with Crippen molar-refractivity contribution >= 4 is 17.2 Å². The maximum absolute atomic E-state index is 11.5. The van der Waals surface area contributed by atoms with E-state index in [1.165, 1.54) is 16.9 Å². The van der Waals surface area contributed by atoms with Crippen LogP contribution in [0.3, 0.4) is 0 Å². The molecule has 3 rings (SSSR count). The normalized spacial score (nSPS) is 18.5. The van der Waals surface area contributed by atoms with Gasteiger partial charge in [-0.15, -0.1) is 11.3 Å². The van der Waals surface area contributed by atoms with Crippen molar-refractivity contribution in [3.63, 3.8) is 0 Å². The van der Waals surface area contributed by atoms with E-state index in [0.29, 0.717) is 5.92 Å². The molecule has 4 nitrogen and oxygen atoms in total. The van der Waals surface area contributed by atoms with Crippen molar-refractivity contribution < 1.29 is 4.79 Å². The van der Waals surface area contributed by atoms with Gasteiger partial charge in [0.05, 0.1) is 5.69 Å². The number of nitrogens with zero attached hydrogens (tertiary/aromatic N) is 3. The zero-order valence-electron chi connectivity index (χ0n) is 13.1. The van der Waals surface area contributed by atoms with Gasteiger partial charge >= 0.3 is 0 Å². The number of pyridine rings is 1. The van der Waals surface area contributed by atoms with E-state index in [-0.39, 0.29) is 5.91 Å². The number of piperidine rings is 1. The lowest BCUT2D eigenvalue weighted by Gasteiger charge is -2.32. The Morgan fingerprint density at radius 1 is 1.36 bits per heavy atom. The smallest absolute Gasteiger partial charge is 0.219 e. The number of amides is 1. The Balaban J connectivity index is 1.65. The Kier molecular flexibility index (Phi) is 4.52. The molecule has 1 aliphatic rings. The number of rotatable bonds is 3. The molecule has 2 aromatic heterocycles. The molecule has 2 aromatic rings. The van der Waals surface area contributed by atoms with Crippen LogP contribution < -0.4 is 0 Å². The lowest BCUT2D eigenvalue weighted by atomic mass is 9.92. The fourth-order valence-corrected chi connectivity index (χ4v) is 3.74. The molecule has 0 bridgehead atoms. The molecule has 3 heterocycles. The lowest BCUT2D eigenvalue weighted by Crippen LogP contribution is -2.39. The average molecular weight is 315 g/mol. The van der Waals surface area contributed by atoms with E-state index in [4.69, 9.17) is 0 Å². The highest BCUT2D eigenvalue weighted by Gasteiger charge is 2.21. The Morgan fingerprint density at radius 2 is 2.23 bits per heavy atom. The molecule has 116 valence electrons. The summed E-state index contributed by atoms with van der Waals surface area (Å²) in [6, 6.07) is 4.20. The Labute approximate surface area is 135 Å². The predicted octanol–water partition coefficient (Wildman–Crippen LogP) is 3.31. The summed E-state index contributed by atoms with van der Waals surface area (Å²) in [7, 11) is 0. The number of carbonyl (C=O) groups excluding carboxylic acids is 1. The lowest BCUT2D eigenvalue weighted by molar-refractivity contribution is -0.130. The van der Waals surface area contributed by atoms with Gasteiger partial charge in [0.2, 0.25) is 5.91 Å². The summed E-state index contributed by atoms with van der Waals surface area (Å²) >= 11 is 1.67. The highest BCUT2D eigenvalue weighted by molar-refractivity contribution is 7.14. The summed E-state index contributed by atoms with van der Waals surface area (Å²) in [5.74, 6) is 0.740. The maximum Gasteiger partial charge on any atom is 0.219 e. The number of hydrogen-bond donors (Lipinski definition) is 0. The van der Waals surface area contributed by atoms with Crippen LogP contribution in [0.25, 0.3) is 10.7 Å². The minimum absolute atomic E-state index is 0.192. The van der Waals surface area contributed by atoms with Crippen molar-refractivity contribution in [2.75, 3.05) is 13.1 Å². The summed E-state index contributed by atoms with van der Waals surface area (Å²) in [5.41, 5.74) is 2.18. The summed E-state index contributed by atoms with van der Waals surface area (Å²) in [4.78, 5) is 23.6. The standard InChI is InChI=1S/C17H21N3OS/c1-12-9-19-17(22-12)16-6-5-14(10-18-16)8-15-4-3-7-20(11-15)13(2)21/h5-6,9-10,15H,3-4,7-8,11H2,1-2H3/t15-/m0/s1. The summed E-state index contributed by atoms with van der Waals surface area (Å²) in [6.45, 7) is 5.50. The summed E-state index contributed by atoms with van der Waals surface area (Å²) in [6.07, 6.45) is 7.13. The van der Waals surface area contributed by atoms with Crippen LogP contribution in [0, 0.1) is 12.8 Å². The van der Waals surface area contributed by atoms with E-state index >= 15 is 0 Å². The van der Waals surface area contributed by atoms with E-state index in [1.54, 1.807) is 18.3 Å². The molecule has 0 saturated carbocycles. The molecule has 1 amide bonds. The first kappa shape index (κ1) is 15.2. The van der Waals surface area contributed by atoms with E-state index < -0.39 is 0 Å². The van der Waals surface area contributed by atoms with Crippen LogP contribution in [0.5, 0.6) is 0 Å². The van der Waals surface area contributed by atoms with Gasteiger partial charge in [0, 0.05) is 37.3 Å². The van der Waals surface area contributed by atoms with Gasteiger partial charge in [-0.3, -0.25) is 9.78 Å². The molecule has 22 heavy (non-hydrogen) atoms. The molecule has 1 atom stereocenters. The predicted molar refractivity (Wildman–Crippen MR) is 88.8 cm³/mol. The molecule has 0 aromatic carbocycles. The van der Waals surface area contributed by atoms with Gasteiger partial charge in [-0.25, -0.2) is 4.98 Å². The number of carbonyl (C=O) groups is 1. The van der Waals surface area contributed by atoms with Crippen molar-refractivity contribution in [3.05, 3.63) is 35.0 Å². The Bertz CT molecular complexity index is 650. The largest absolute Gasteiger partial charge is 0.343 e. The molecule has 1 fully saturated rings. The first-order valence-electron chi connectivity index (χ1n) is 7.75. The van der Waals surface area contributed by atoms with Gasteiger partial charge in [-0.1, -0.05) is 6.07 Å². The van der Waals surface area contributed by atoms with Crippen LogP contribution in [-0.4, -0.2) is 33.9 Å². The quantitative estimate of drug-likeness (QED) is 0.873. The van der Waals surface area contributed by atoms with Crippen molar-refractivity contribution in [2.24, 2.45) is 5.92 Å². The molecule has 0 N–H and O–H groups in total. The Hall–Kier alpha value is -1.75. The highest BCUT2D eigenvalue weighted by Crippen LogP contribution is 2.24. The average Bonchev–Trinajstić information content (AvgIpc) is 2.95. The molecule has 1 saturated heterocycles. The number of aryl methyl sites for hydroxylation is 1. The first-order chi connectivity index (χ1) is 10.6. The van der Waals surface area contributed by atoms with Crippen molar-refractivity contribution in [1.29, 1.82) is 0 Å². The molecule has 0 unspecified atom stereocenters.